The summed E-state index contributed by atoms with van der Waals surface area (Å²) >= 11 is -0.385. The van der Waals surface area contributed by atoms with E-state index in [4.69, 9.17) is 5.11 Å². The number of nitrogens with zero attached hydrogens (tertiary/aromatic N) is 1. The number of phenols is 1. The van der Waals surface area contributed by atoms with Gasteiger partial charge in [-0.25, -0.2) is 4.79 Å². The number of carbonyl (C=O) groups is 2. The lowest BCUT2D eigenvalue weighted by Crippen LogP contribution is -2.31. The molecular formula is C15H15F3N2O5S. The lowest BCUT2D eigenvalue weighted by molar-refractivity contribution is -0.136. The van der Waals surface area contributed by atoms with Crippen LogP contribution >= 0.6 is 11.8 Å². The Labute approximate surface area is 150 Å². The smallest absolute Gasteiger partial charge is 0.446 e. The van der Waals surface area contributed by atoms with Gasteiger partial charge in [-0.1, -0.05) is 0 Å². The van der Waals surface area contributed by atoms with Crippen molar-refractivity contribution in [1.29, 1.82) is 0 Å². The molecule has 1 aliphatic heterocycles. The summed E-state index contributed by atoms with van der Waals surface area (Å²) in [6.45, 7) is -0.511. The molecule has 142 valence electrons. The zero-order valence-electron chi connectivity index (χ0n) is 13.5. The maximum Gasteiger partial charge on any atom is 0.446 e. The number of ether oxygens (including phenoxy) is 1. The minimum Gasteiger partial charge on any atom is -0.506 e. The number of alkyl halides is 3. The molecule has 0 aliphatic carbocycles. The molecule has 0 bridgehead atoms. The first-order valence-corrected chi connectivity index (χ1v) is 8.05. The molecule has 11 heteroatoms. The topological polar surface area (TPSA) is 99.1 Å². The average molecular weight is 392 g/mol. The van der Waals surface area contributed by atoms with Crippen LogP contribution in [-0.4, -0.2) is 59.3 Å². The van der Waals surface area contributed by atoms with Gasteiger partial charge in [0.05, 0.1) is 31.5 Å². The van der Waals surface area contributed by atoms with Crippen molar-refractivity contribution in [2.75, 3.05) is 32.1 Å². The number of rotatable bonds is 6. The van der Waals surface area contributed by atoms with E-state index < -0.39 is 23.1 Å². The van der Waals surface area contributed by atoms with Gasteiger partial charge in [0.1, 0.15) is 11.4 Å². The summed E-state index contributed by atoms with van der Waals surface area (Å²) in [7, 11) is 1.12. The number of aliphatic hydroxyl groups is 1. The van der Waals surface area contributed by atoms with Crippen molar-refractivity contribution in [2.45, 2.75) is 10.4 Å². The minimum absolute atomic E-state index is 0.0412. The molecule has 0 fully saturated rings. The molecule has 0 radical (unpaired) electrons. The van der Waals surface area contributed by atoms with Crippen LogP contribution in [0.1, 0.15) is 0 Å². The molecule has 1 aromatic carbocycles. The Kier molecular flexibility index (Phi) is 6.03. The van der Waals surface area contributed by atoms with Crippen molar-refractivity contribution < 1.29 is 37.7 Å². The van der Waals surface area contributed by atoms with Crippen LogP contribution in [0.15, 0.2) is 34.4 Å². The number of aliphatic hydroxyl groups excluding tert-OH is 1. The Morgan fingerprint density at radius 1 is 1.42 bits per heavy atom. The first-order chi connectivity index (χ1) is 12.2. The third-order valence-electron chi connectivity index (χ3n) is 3.41. The summed E-state index contributed by atoms with van der Waals surface area (Å²) in [6.07, 6.45) is 0. The van der Waals surface area contributed by atoms with Crippen molar-refractivity contribution >= 4 is 29.3 Å². The van der Waals surface area contributed by atoms with Gasteiger partial charge in [-0.3, -0.25) is 4.79 Å². The van der Waals surface area contributed by atoms with Crippen molar-refractivity contribution in [3.05, 3.63) is 29.5 Å². The lowest BCUT2D eigenvalue weighted by Gasteiger charge is -2.15. The Hall–Kier alpha value is -2.40. The molecular weight excluding hydrogens is 377 g/mol. The summed E-state index contributed by atoms with van der Waals surface area (Å²) in [5, 5.41) is 21.4. The van der Waals surface area contributed by atoms with E-state index in [1.54, 1.807) is 0 Å². The summed E-state index contributed by atoms with van der Waals surface area (Å²) in [4.78, 5) is 25.2. The molecule has 2 rings (SSSR count). The molecule has 26 heavy (non-hydrogen) atoms. The number of methoxy groups -OCH3 is 1. The normalized spacial score (nSPS) is 14.8. The number of nitrogens with one attached hydrogen (secondary N) is 1. The molecule has 1 heterocycles. The van der Waals surface area contributed by atoms with Gasteiger partial charge in [0, 0.05) is 11.4 Å². The number of amides is 1. The predicted octanol–water partition coefficient (Wildman–Crippen LogP) is 1.68. The number of anilines is 1. The number of benzene rings is 1. The van der Waals surface area contributed by atoms with Crippen LogP contribution in [0.3, 0.4) is 0 Å². The molecule has 0 aromatic heterocycles. The van der Waals surface area contributed by atoms with E-state index >= 15 is 0 Å². The fraction of sp³-hybridized carbons (Fsp3) is 0.333. The van der Waals surface area contributed by atoms with Crippen LogP contribution in [0.25, 0.3) is 0 Å². The number of hydrogen-bond acceptors (Lipinski definition) is 7. The van der Waals surface area contributed by atoms with E-state index in [1.807, 2.05) is 0 Å². The molecule has 0 spiro atoms. The van der Waals surface area contributed by atoms with E-state index in [0.717, 1.165) is 25.3 Å². The third kappa shape index (κ3) is 4.61. The molecule has 0 saturated carbocycles. The highest BCUT2D eigenvalue weighted by Crippen LogP contribution is 2.40. The SMILES string of the molecule is COC(=O)C1=C(Nc2cc(SC(F)(F)F)ccc2O)C(=O)N(CCO)C1. The van der Waals surface area contributed by atoms with E-state index in [1.165, 1.54) is 4.90 Å². The highest BCUT2D eigenvalue weighted by atomic mass is 32.2. The van der Waals surface area contributed by atoms with E-state index in [-0.39, 0.29) is 53.3 Å². The first-order valence-electron chi connectivity index (χ1n) is 7.23. The largest absolute Gasteiger partial charge is 0.506 e. The fourth-order valence-electron chi connectivity index (χ4n) is 2.30. The second-order valence-corrected chi connectivity index (χ2v) is 6.29. The van der Waals surface area contributed by atoms with Crippen molar-refractivity contribution in [3.8, 4) is 5.75 Å². The molecule has 0 unspecified atom stereocenters. The van der Waals surface area contributed by atoms with Crippen LogP contribution in [0, 0.1) is 0 Å². The van der Waals surface area contributed by atoms with Crippen LogP contribution in [-0.2, 0) is 14.3 Å². The van der Waals surface area contributed by atoms with Crippen LogP contribution in [0.4, 0.5) is 18.9 Å². The fourth-order valence-corrected chi connectivity index (χ4v) is 2.88. The molecule has 0 atom stereocenters. The van der Waals surface area contributed by atoms with Gasteiger partial charge in [0.2, 0.25) is 0 Å². The van der Waals surface area contributed by atoms with Crippen molar-refractivity contribution in [2.24, 2.45) is 0 Å². The molecule has 1 aliphatic rings. The van der Waals surface area contributed by atoms with Crippen molar-refractivity contribution in [3.63, 3.8) is 0 Å². The number of halogens is 3. The van der Waals surface area contributed by atoms with Crippen LogP contribution < -0.4 is 5.32 Å². The lowest BCUT2D eigenvalue weighted by atomic mass is 10.2. The number of phenolic OH excluding ortho intramolecular Hbond substituents is 1. The standard InChI is InChI=1S/C15H15F3N2O5S/c1-25-14(24)9-7-20(4-5-21)13(23)12(9)19-10-6-8(2-3-11(10)22)26-15(16,17)18/h2-3,6,19,21-22H,4-5,7H2,1H3. The number of β-amino-alcohol motifs (C(OH)–C–C–N with tert-alkyl or cyclic N) is 1. The predicted molar refractivity (Wildman–Crippen MR) is 86.3 cm³/mol. The second-order valence-electron chi connectivity index (χ2n) is 5.15. The number of aromatic hydroxyl groups is 1. The van der Waals surface area contributed by atoms with Gasteiger partial charge in [0.25, 0.3) is 5.91 Å². The maximum absolute atomic E-state index is 12.5. The molecule has 1 amide bonds. The minimum atomic E-state index is -4.52. The third-order valence-corrected chi connectivity index (χ3v) is 4.14. The van der Waals surface area contributed by atoms with E-state index in [9.17, 15) is 27.9 Å². The first kappa shape index (κ1) is 19.9. The number of carbonyl (C=O) groups excluding carboxylic acids is 2. The van der Waals surface area contributed by atoms with Crippen LogP contribution in [0.2, 0.25) is 0 Å². The highest BCUT2D eigenvalue weighted by Gasteiger charge is 2.35. The zero-order chi connectivity index (χ0) is 19.5. The van der Waals surface area contributed by atoms with Crippen LogP contribution in [0.5, 0.6) is 5.75 Å². The summed E-state index contributed by atoms with van der Waals surface area (Å²) < 4.78 is 42.1. The Morgan fingerprint density at radius 2 is 2.12 bits per heavy atom. The monoisotopic (exact) mass is 392 g/mol. The summed E-state index contributed by atoms with van der Waals surface area (Å²) in [5.74, 6) is -1.85. The Bertz CT molecular complexity index is 751. The quantitative estimate of drug-likeness (QED) is 0.385. The second kappa shape index (κ2) is 7.87. The Morgan fingerprint density at radius 3 is 2.69 bits per heavy atom. The number of thioether (sulfide) groups is 1. The molecule has 0 saturated heterocycles. The van der Waals surface area contributed by atoms with Crippen molar-refractivity contribution in [1.82, 2.24) is 4.90 Å². The zero-order valence-corrected chi connectivity index (χ0v) is 14.3. The van der Waals surface area contributed by atoms with Gasteiger partial charge in [-0.2, -0.15) is 13.2 Å². The average Bonchev–Trinajstić information content (AvgIpc) is 2.86. The summed E-state index contributed by atoms with van der Waals surface area (Å²) in [5.41, 5.74) is -4.98. The maximum atomic E-state index is 12.5. The van der Waals surface area contributed by atoms with Gasteiger partial charge < -0.3 is 25.2 Å². The van der Waals surface area contributed by atoms with Gasteiger partial charge in [0.15, 0.2) is 0 Å². The van der Waals surface area contributed by atoms with Gasteiger partial charge in [-0.15, -0.1) is 0 Å². The number of esters is 1. The van der Waals surface area contributed by atoms with E-state index in [0.29, 0.717) is 0 Å². The Balaban J connectivity index is 2.35. The molecule has 3 N–H and O–H groups in total. The van der Waals surface area contributed by atoms with Gasteiger partial charge >= 0.3 is 11.5 Å². The van der Waals surface area contributed by atoms with E-state index in [2.05, 4.69) is 10.1 Å². The summed E-state index contributed by atoms with van der Waals surface area (Å²) in [6, 6.07) is 3.12. The highest BCUT2D eigenvalue weighted by molar-refractivity contribution is 8.00. The number of hydrogen-bond donors (Lipinski definition) is 3. The van der Waals surface area contributed by atoms with Gasteiger partial charge in [-0.05, 0) is 30.0 Å². The molecule has 1 aromatic rings. The molecule has 7 nitrogen and oxygen atoms in total.